The molecule has 0 radical (unpaired) electrons. The van der Waals surface area contributed by atoms with E-state index in [0.29, 0.717) is 6.54 Å². The third kappa shape index (κ3) is 3.19. The standard InChI is InChI=1S/C16H23NO3/c1-16(2)9-6-10-17(14(16)15(19)20)11-13(18)12-7-4-3-5-8-12/h3-5,7-8,13-14,18H,6,9-11H2,1-2H3,(H,19,20). The highest BCUT2D eigenvalue weighted by Gasteiger charge is 2.42. The van der Waals surface area contributed by atoms with Crippen molar-refractivity contribution in [3.05, 3.63) is 35.9 Å². The number of carbonyl (C=O) groups is 1. The van der Waals surface area contributed by atoms with Gasteiger partial charge in [-0.3, -0.25) is 9.69 Å². The van der Waals surface area contributed by atoms with Crippen LogP contribution in [-0.4, -0.2) is 40.2 Å². The number of hydrogen-bond acceptors (Lipinski definition) is 3. The van der Waals surface area contributed by atoms with E-state index in [4.69, 9.17) is 0 Å². The molecule has 0 bridgehead atoms. The Kier molecular flexibility index (Phi) is 4.45. The van der Waals surface area contributed by atoms with Crippen LogP contribution in [0.15, 0.2) is 30.3 Å². The van der Waals surface area contributed by atoms with Gasteiger partial charge in [0, 0.05) is 6.54 Å². The van der Waals surface area contributed by atoms with Crippen LogP contribution >= 0.6 is 0 Å². The molecule has 1 aliphatic heterocycles. The van der Waals surface area contributed by atoms with E-state index in [0.717, 1.165) is 24.9 Å². The van der Waals surface area contributed by atoms with Crippen LogP contribution in [0.5, 0.6) is 0 Å². The lowest BCUT2D eigenvalue weighted by molar-refractivity contribution is -0.151. The summed E-state index contributed by atoms with van der Waals surface area (Å²) in [5, 5.41) is 19.8. The Morgan fingerprint density at radius 2 is 2.05 bits per heavy atom. The number of nitrogens with zero attached hydrogens (tertiary/aromatic N) is 1. The van der Waals surface area contributed by atoms with Crippen LogP contribution in [-0.2, 0) is 4.79 Å². The summed E-state index contributed by atoms with van der Waals surface area (Å²) in [5.41, 5.74) is 0.570. The predicted octanol–water partition coefficient (Wildman–Crippen LogP) is 2.30. The maximum absolute atomic E-state index is 11.6. The molecule has 0 aliphatic carbocycles. The summed E-state index contributed by atoms with van der Waals surface area (Å²) >= 11 is 0. The van der Waals surface area contributed by atoms with Gasteiger partial charge in [0.25, 0.3) is 0 Å². The topological polar surface area (TPSA) is 60.8 Å². The second kappa shape index (κ2) is 5.94. The van der Waals surface area contributed by atoms with E-state index in [2.05, 4.69) is 0 Å². The monoisotopic (exact) mass is 277 g/mol. The average Bonchev–Trinajstić information content (AvgIpc) is 2.38. The molecule has 20 heavy (non-hydrogen) atoms. The Bertz CT molecular complexity index is 458. The van der Waals surface area contributed by atoms with Crippen LogP contribution in [0.2, 0.25) is 0 Å². The Morgan fingerprint density at radius 1 is 1.40 bits per heavy atom. The minimum Gasteiger partial charge on any atom is -0.480 e. The Balaban J connectivity index is 2.12. The van der Waals surface area contributed by atoms with Crippen molar-refractivity contribution in [3.63, 3.8) is 0 Å². The maximum atomic E-state index is 11.6. The summed E-state index contributed by atoms with van der Waals surface area (Å²) < 4.78 is 0. The van der Waals surface area contributed by atoms with Crippen molar-refractivity contribution in [1.29, 1.82) is 0 Å². The molecule has 1 heterocycles. The summed E-state index contributed by atoms with van der Waals surface area (Å²) in [6.07, 6.45) is 1.23. The normalized spacial score (nSPS) is 24.2. The van der Waals surface area contributed by atoms with E-state index >= 15 is 0 Å². The zero-order valence-electron chi connectivity index (χ0n) is 12.1. The molecule has 1 aromatic rings. The van der Waals surface area contributed by atoms with E-state index in [-0.39, 0.29) is 5.41 Å². The molecular formula is C16H23NO3. The lowest BCUT2D eigenvalue weighted by Gasteiger charge is -2.44. The van der Waals surface area contributed by atoms with Gasteiger partial charge >= 0.3 is 5.97 Å². The molecule has 2 unspecified atom stereocenters. The highest BCUT2D eigenvalue weighted by molar-refractivity contribution is 5.74. The van der Waals surface area contributed by atoms with Crippen molar-refractivity contribution < 1.29 is 15.0 Å². The number of aliphatic hydroxyl groups excluding tert-OH is 1. The Hall–Kier alpha value is -1.39. The van der Waals surface area contributed by atoms with Crippen molar-refractivity contribution in [2.75, 3.05) is 13.1 Å². The summed E-state index contributed by atoms with van der Waals surface area (Å²) in [5.74, 6) is -0.796. The number of carboxylic acids is 1. The zero-order chi connectivity index (χ0) is 14.8. The third-order valence-electron chi connectivity index (χ3n) is 4.20. The largest absolute Gasteiger partial charge is 0.480 e. The molecule has 1 saturated heterocycles. The first-order valence-electron chi connectivity index (χ1n) is 7.12. The summed E-state index contributed by atoms with van der Waals surface area (Å²) in [4.78, 5) is 13.5. The quantitative estimate of drug-likeness (QED) is 0.886. The molecule has 1 aromatic carbocycles. The summed E-state index contributed by atoms with van der Waals surface area (Å²) in [6.45, 7) is 5.08. The van der Waals surface area contributed by atoms with Gasteiger partial charge in [-0.2, -0.15) is 0 Å². The second-order valence-corrected chi connectivity index (χ2v) is 6.25. The van der Waals surface area contributed by atoms with Crippen molar-refractivity contribution in [3.8, 4) is 0 Å². The lowest BCUT2D eigenvalue weighted by Crippen LogP contribution is -2.55. The average molecular weight is 277 g/mol. The van der Waals surface area contributed by atoms with Gasteiger partial charge in [-0.15, -0.1) is 0 Å². The molecule has 0 aromatic heterocycles. The first-order valence-corrected chi connectivity index (χ1v) is 7.12. The molecule has 2 N–H and O–H groups in total. The number of benzene rings is 1. The molecule has 1 aliphatic rings. The fraction of sp³-hybridized carbons (Fsp3) is 0.562. The van der Waals surface area contributed by atoms with Crippen molar-refractivity contribution >= 4 is 5.97 Å². The SMILES string of the molecule is CC1(C)CCCN(CC(O)c2ccccc2)C1C(=O)O. The number of hydrogen-bond donors (Lipinski definition) is 2. The first-order chi connectivity index (χ1) is 9.42. The Labute approximate surface area is 120 Å². The number of likely N-dealkylation sites (tertiary alicyclic amines) is 1. The van der Waals surface area contributed by atoms with Crippen LogP contribution in [0.4, 0.5) is 0 Å². The number of aliphatic hydroxyl groups is 1. The summed E-state index contributed by atoms with van der Waals surface area (Å²) in [7, 11) is 0. The molecule has 0 saturated carbocycles. The van der Waals surface area contributed by atoms with Gasteiger partial charge in [0.2, 0.25) is 0 Å². The molecular weight excluding hydrogens is 254 g/mol. The highest BCUT2D eigenvalue weighted by Crippen LogP contribution is 2.36. The zero-order valence-corrected chi connectivity index (χ0v) is 12.1. The van der Waals surface area contributed by atoms with E-state index in [1.54, 1.807) is 0 Å². The second-order valence-electron chi connectivity index (χ2n) is 6.25. The van der Waals surface area contributed by atoms with Gasteiger partial charge in [-0.25, -0.2) is 0 Å². The van der Waals surface area contributed by atoms with Gasteiger partial charge in [0.1, 0.15) is 6.04 Å². The molecule has 1 fully saturated rings. The molecule has 0 amide bonds. The van der Waals surface area contributed by atoms with Crippen molar-refractivity contribution in [1.82, 2.24) is 4.90 Å². The van der Waals surface area contributed by atoms with Gasteiger partial charge in [-0.05, 0) is 30.4 Å². The number of aliphatic carboxylic acids is 1. The minimum atomic E-state index is -0.796. The first kappa shape index (κ1) is 15.0. The van der Waals surface area contributed by atoms with E-state index in [1.807, 2.05) is 49.1 Å². The van der Waals surface area contributed by atoms with E-state index in [1.165, 1.54) is 0 Å². The van der Waals surface area contributed by atoms with Crippen LogP contribution in [0.3, 0.4) is 0 Å². The van der Waals surface area contributed by atoms with Crippen LogP contribution in [0, 0.1) is 5.41 Å². The van der Waals surface area contributed by atoms with Crippen LogP contribution < -0.4 is 0 Å². The highest BCUT2D eigenvalue weighted by atomic mass is 16.4. The number of carboxylic acid groups (broad SMARTS) is 1. The Morgan fingerprint density at radius 3 is 2.65 bits per heavy atom. The summed E-state index contributed by atoms with van der Waals surface area (Å²) in [6, 6.07) is 8.88. The molecule has 0 spiro atoms. The fourth-order valence-corrected chi connectivity index (χ4v) is 3.19. The minimum absolute atomic E-state index is 0.263. The van der Waals surface area contributed by atoms with E-state index in [9.17, 15) is 15.0 Å². The predicted molar refractivity (Wildman–Crippen MR) is 77.4 cm³/mol. The number of piperidine rings is 1. The van der Waals surface area contributed by atoms with Gasteiger partial charge < -0.3 is 10.2 Å². The van der Waals surface area contributed by atoms with Gasteiger partial charge in [0.05, 0.1) is 6.10 Å². The maximum Gasteiger partial charge on any atom is 0.321 e. The van der Waals surface area contributed by atoms with Crippen LogP contribution in [0.25, 0.3) is 0 Å². The van der Waals surface area contributed by atoms with Crippen LogP contribution in [0.1, 0.15) is 38.4 Å². The smallest absolute Gasteiger partial charge is 0.321 e. The fourth-order valence-electron chi connectivity index (χ4n) is 3.19. The van der Waals surface area contributed by atoms with Crippen molar-refractivity contribution in [2.24, 2.45) is 5.41 Å². The van der Waals surface area contributed by atoms with Crippen molar-refractivity contribution in [2.45, 2.75) is 38.8 Å². The molecule has 2 atom stereocenters. The van der Waals surface area contributed by atoms with E-state index < -0.39 is 18.1 Å². The lowest BCUT2D eigenvalue weighted by atomic mass is 9.76. The molecule has 2 rings (SSSR count). The van der Waals surface area contributed by atoms with Gasteiger partial charge in [-0.1, -0.05) is 44.2 Å². The molecule has 110 valence electrons. The number of rotatable bonds is 4. The molecule has 4 nitrogen and oxygen atoms in total. The third-order valence-corrected chi connectivity index (χ3v) is 4.20. The number of β-amino-alcohol motifs (C(OH)–C–C–N with tert-alkyl or cyclic N) is 1. The van der Waals surface area contributed by atoms with Gasteiger partial charge in [0.15, 0.2) is 0 Å². The molecule has 4 heteroatoms.